The molecule has 0 spiro atoms. The minimum atomic E-state index is -0.770. The molecule has 154 valence electrons. The van der Waals surface area contributed by atoms with E-state index in [-0.39, 0.29) is 17.0 Å². The number of carbonyl (C=O) groups excluding carboxylic acids is 1. The molecule has 0 aliphatic heterocycles. The fourth-order valence-corrected chi connectivity index (χ4v) is 2.46. The van der Waals surface area contributed by atoms with E-state index in [4.69, 9.17) is 9.47 Å². The van der Waals surface area contributed by atoms with E-state index in [1.807, 2.05) is 6.92 Å². The second kappa shape index (κ2) is 9.41. The quantitative estimate of drug-likeness (QED) is 0.349. The molecule has 30 heavy (non-hydrogen) atoms. The fraction of sp³-hybridized carbons (Fsp3) is 0.150. The Bertz CT molecular complexity index is 1130. The van der Waals surface area contributed by atoms with Crippen LogP contribution in [0.15, 0.2) is 52.6 Å². The Labute approximate surface area is 170 Å². The van der Waals surface area contributed by atoms with Crippen molar-refractivity contribution in [2.45, 2.75) is 6.92 Å². The summed E-state index contributed by atoms with van der Waals surface area (Å²) in [5, 5.41) is 3.70. The van der Waals surface area contributed by atoms with Gasteiger partial charge < -0.3 is 14.5 Å². The number of ether oxygens (including phenoxy) is 2. The average molecular weight is 411 g/mol. The van der Waals surface area contributed by atoms with Gasteiger partial charge in [-0.2, -0.15) is 9.49 Å². The molecule has 0 bridgehead atoms. The van der Waals surface area contributed by atoms with Gasteiger partial charge in [0.15, 0.2) is 0 Å². The Morgan fingerprint density at radius 3 is 2.77 bits per heavy atom. The summed E-state index contributed by atoms with van der Waals surface area (Å²) in [7, 11) is 1.42. The summed E-state index contributed by atoms with van der Waals surface area (Å²) in [5.74, 6) is -0.466. The molecule has 2 N–H and O–H groups in total. The maximum Gasteiger partial charge on any atom is 0.291 e. The molecule has 0 aliphatic rings. The fourth-order valence-electron chi connectivity index (χ4n) is 2.46. The molecule has 3 rings (SSSR count). The zero-order valence-electron chi connectivity index (χ0n) is 16.2. The Hall–Kier alpha value is -4.08. The predicted octanol–water partition coefficient (Wildman–Crippen LogP) is 2.14. The molecule has 0 unspecified atom stereocenters. The highest BCUT2D eigenvalue weighted by Gasteiger charge is 2.12. The van der Waals surface area contributed by atoms with Crippen LogP contribution in [-0.2, 0) is 0 Å². The molecule has 2 heterocycles. The van der Waals surface area contributed by atoms with E-state index in [2.05, 4.69) is 25.5 Å². The molecular formula is C20H18FN5O4. The molecule has 2 aromatic heterocycles. The van der Waals surface area contributed by atoms with E-state index < -0.39 is 17.4 Å². The highest BCUT2D eigenvalue weighted by molar-refractivity contribution is 5.93. The van der Waals surface area contributed by atoms with Crippen LogP contribution >= 0.6 is 0 Å². The van der Waals surface area contributed by atoms with Crippen molar-refractivity contribution in [1.82, 2.24) is 20.4 Å². The molecule has 3 aromatic rings. The van der Waals surface area contributed by atoms with Crippen molar-refractivity contribution in [2.24, 2.45) is 5.10 Å². The monoisotopic (exact) mass is 411 g/mol. The lowest BCUT2D eigenvalue weighted by molar-refractivity contribution is 0.0950. The van der Waals surface area contributed by atoms with Gasteiger partial charge in [-0.25, -0.2) is 15.4 Å². The van der Waals surface area contributed by atoms with Gasteiger partial charge in [0.2, 0.25) is 5.95 Å². The van der Waals surface area contributed by atoms with Gasteiger partial charge in [0.25, 0.3) is 11.5 Å². The lowest BCUT2D eigenvalue weighted by Gasteiger charge is -2.05. The second-order valence-electron chi connectivity index (χ2n) is 5.88. The van der Waals surface area contributed by atoms with Gasteiger partial charge >= 0.3 is 0 Å². The molecule has 10 heteroatoms. The largest absolute Gasteiger partial charge is 0.495 e. The summed E-state index contributed by atoms with van der Waals surface area (Å²) in [6, 6.07) is 8.11. The van der Waals surface area contributed by atoms with E-state index >= 15 is 0 Å². The van der Waals surface area contributed by atoms with Crippen LogP contribution in [0.2, 0.25) is 0 Å². The normalized spacial score (nSPS) is 10.8. The topological polar surface area (TPSA) is 119 Å². The van der Waals surface area contributed by atoms with Crippen LogP contribution in [0.3, 0.4) is 0 Å². The zero-order chi connectivity index (χ0) is 21.5. The lowest BCUT2D eigenvalue weighted by atomic mass is 10.1. The SMILES string of the molecule is CCOc1ccc(-c2nc(C(=O)N/N=C/c3cc(OC)cnc3F)c[nH]c2=O)cc1. The maximum absolute atomic E-state index is 13.7. The summed E-state index contributed by atoms with van der Waals surface area (Å²) >= 11 is 0. The van der Waals surface area contributed by atoms with Crippen molar-refractivity contribution >= 4 is 12.1 Å². The predicted molar refractivity (Wildman–Crippen MR) is 107 cm³/mol. The van der Waals surface area contributed by atoms with E-state index in [9.17, 15) is 14.0 Å². The smallest absolute Gasteiger partial charge is 0.291 e. The first-order valence-corrected chi connectivity index (χ1v) is 8.87. The van der Waals surface area contributed by atoms with E-state index in [1.165, 1.54) is 25.6 Å². The molecule has 1 amide bonds. The molecule has 9 nitrogen and oxygen atoms in total. The minimum absolute atomic E-state index is 0.0270. The van der Waals surface area contributed by atoms with E-state index in [0.717, 1.165) is 6.21 Å². The number of amides is 1. The van der Waals surface area contributed by atoms with Crippen molar-refractivity contribution in [3.8, 4) is 22.8 Å². The van der Waals surface area contributed by atoms with Crippen LogP contribution in [0.1, 0.15) is 23.0 Å². The third-order valence-corrected chi connectivity index (χ3v) is 3.91. The average Bonchev–Trinajstić information content (AvgIpc) is 2.76. The standard InChI is InChI=1S/C20H18FN5O4/c1-3-30-14-6-4-12(5-7-14)17-20(28)23-11-16(25-17)19(27)26-24-9-13-8-15(29-2)10-22-18(13)21/h4-11H,3H2,1-2H3,(H,23,28)(H,26,27)/b24-9+. The van der Waals surface area contributed by atoms with Crippen molar-refractivity contribution in [1.29, 1.82) is 0 Å². The Morgan fingerprint density at radius 1 is 1.30 bits per heavy atom. The van der Waals surface area contributed by atoms with Gasteiger partial charge in [0, 0.05) is 11.8 Å². The van der Waals surface area contributed by atoms with Crippen LogP contribution in [0.4, 0.5) is 4.39 Å². The first kappa shape index (κ1) is 20.6. The number of carbonyl (C=O) groups is 1. The summed E-state index contributed by atoms with van der Waals surface area (Å²) in [6.07, 6.45) is 3.47. The molecule has 0 radical (unpaired) electrons. The lowest BCUT2D eigenvalue weighted by Crippen LogP contribution is -2.22. The first-order chi connectivity index (χ1) is 14.5. The van der Waals surface area contributed by atoms with Gasteiger partial charge in [-0.05, 0) is 37.3 Å². The second-order valence-corrected chi connectivity index (χ2v) is 5.88. The zero-order valence-corrected chi connectivity index (χ0v) is 16.2. The maximum atomic E-state index is 13.7. The van der Waals surface area contributed by atoms with Crippen molar-refractivity contribution < 1.29 is 18.7 Å². The summed E-state index contributed by atoms with van der Waals surface area (Å²) in [6.45, 7) is 2.38. The summed E-state index contributed by atoms with van der Waals surface area (Å²) in [4.78, 5) is 34.5. The number of methoxy groups -OCH3 is 1. The molecule has 0 saturated heterocycles. The Morgan fingerprint density at radius 2 is 2.07 bits per heavy atom. The Balaban J connectivity index is 1.77. The van der Waals surface area contributed by atoms with Gasteiger partial charge in [-0.15, -0.1) is 0 Å². The Kier molecular flexibility index (Phi) is 6.48. The van der Waals surface area contributed by atoms with E-state index in [0.29, 0.717) is 23.7 Å². The number of hydrogen-bond acceptors (Lipinski definition) is 7. The van der Waals surface area contributed by atoms with Crippen molar-refractivity contribution in [3.63, 3.8) is 0 Å². The number of hydrogen-bond donors (Lipinski definition) is 2. The van der Waals surface area contributed by atoms with Crippen LogP contribution in [0, 0.1) is 5.95 Å². The first-order valence-electron chi connectivity index (χ1n) is 8.87. The molecule has 1 aromatic carbocycles. The molecular weight excluding hydrogens is 393 g/mol. The summed E-state index contributed by atoms with van der Waals surface area (Å²) in [5.41, 5.74) is 2.31. The molecule has 0 atom stereocenters. The number of H-pyrrole nitrogens is 1. The highest BCUT2D eigenvalue weighted by atomic mass is 19.1. The third kappa shape index (κ3) is 4.85. The van der Waals surface area contributed by atoms with Gasteiger partial charge in [-0.3, -0.25) is 9.59 Å². The molecule has 0 aliphatic carbocycles. The van der Waals surface area contributed by atoms with Crippen LogP contribution in [0.25, 0.3) is 11.3 Å². The van der Waals surface area contributed by atoms with Crippen molar-refractivity contribution in [3.05, 3.63) is 70.3 Å². The number of halogens is 1. The van der Waals surface area contributed by atoms with Gasteiger partial charge in [0.1, 0.15) is 22.9 Å². The van der Waals surface area contributed by atoms with Crippen LogP contribution in [-0.4, -0.2) is 40.8 Å². The third-order valence-electron chi connectivity index (χ3n) is 3.91. The number of nitrogens with one attached hydrogen (secondary N) is 2. The van der Waals surface area contributed by atoms with Gasteiger partial charge in [0.05, 0.1) is 31.7 Å². The number of aromatic nitrogens is 3. The number of rotatable bonds is 7. The van der Waals surface area contributed by atoms with Gasteiger partial charge in [-0.1, -0.05) is 0 Å². The van der Waals surface area contributed by atoms with E-state index in [1.54, 1.807) is 24.3 Å². The summed E-state index contributed by atoms with van der Waals surface area (Å²) < 4.78 is 24.0. The molecule has 0 fully saturated rings. The highest BCUT2D eigenvalue weighted by Crippen LogP contribution is 2.18. The molecule has 0 saturated carbocycles. The number of benzene rings is 1. The van der Waals surface area contributed by atoms with Crippen LogP contribution < -0.4 is 20.5 Å². The minimum Gasteiger partial charge on any atom is -0.495 e. The number of hydrazone groups is 1. The van der Waals surface area contributed by atoms with Crippen LogP contribution in [0.5, 0.6) is 11.5 Å². The number of aromatic amines is 1. The number of nitrogens with zero attached hydrogens (tertiary/aromatic N) is 3. The van der Waals surface area contributed by atoms with Crippen molar-refractivity contribution in [2.75, 3.05) is 13.7 Å². The number of pyridine rings is 1.